The van der Waals surface area contributed by atoms with Crippen LogP contribution in [0.25, 0.3) is 0 Å². The second-order valence-corrected chi connectivity index (χ2v) is 4.94. The fraction of sp³-hybridized carbons (Fsp3) is 0.188. The lowest BCUT2D eigenvalue weighted by Crippen LogP contribution is -2.02. The molecule has 2 aliphatic carbocycles. The molecular weight excluding hydrogens is 208 g/mol. The predicted octanol–water partition coefficient (Wildman–Crippen LogP) is 3.38. The summed E-state index contributed by atoms with van der Waals surface area (Å²) >= 11 is 0. The van der Waals surface area contributed by atoms with Gasteiger partial charge in [-0.3, -0.25) is 4.79 Å². The topological polar surface area (TPSA) is 17.1 Å². The molecule has 0 N–H and O–H groups in total. The third kappa shape index (κ3) is 1.11. The number of carbonyl (C=O) groups excluding carboxylic acids is 1. The zero-order valence-corrected chi connectivity index (χ0v) is 9.34. The van der Waals surface area contributed by atoms with Gasteiger partial charge in [-0.25, -0.2) is 0 Å². The van der Waals surface area contributed by atoms with Gasteiger partial charge in [0.25, 0.3) is 0 Å². The minimum absolute atomic E-state index is 0.217. The minimum atomic E-state index is 0.217. The van der Waals surface area contributed by atoms with Gasteiger partial charge >= 0.3 is 0 Å². The van der Waals surface area contributed by atoms with E-state index in [2.05, 4.69) is 30.3 Å². The van der Waals surface area contributed by atoms with Crippen molar-refractivity contribution in [3.05, 3.63) is 71.3 Å². The first-order valence-electron chi connectivity index (χ1n) is 6.06. The summed E-state index contributed by atoms with van der Waals surface area (Å²) in [5.74, 6) is 1.44. The Bertz CT molecular complexity index is 596. The molecule has 2 aliphatic rings. The number of hydrogen-bond acceptors (Lipinski definition) is 1. The van der Waals surface area contributed by atoms with Crippen LogP contribution in [0.3, 0.4) is 0 Å². The summed E-state index contributed by atoms with van der Waals surface area (Å²) in [5.41, 5.74) is 3.52. The fourth-order valence-electron chi connectivity index (χ4n) is 3.31. The highest BCUT2D eigenvalue weighted by atomic mass is 16.1. The monoisotopic (exact) mass is 220 g/mol. The van der Waals surface area contributed by atoms with Gasteiger partial charge in [-0.1, -0.05) is 54.6 Å². The van der Waals surface area contributed by atoms with Gasteiger partial charge in [0.15, 0.2) is 5.78 Å². The summed E-state index contributed by atoms with van der Waals surface area (Å²) in [6.45, 7) is 0. The van der Waals surface area contributed by atoms with Crippen molar-refractivity contribution in [2.45, 2.75) is 11.8 Å². The quantitative estimate of drug-likeness (QED) is 0.720. The van der Waals surface area contributed by atoms with Crippen molar-refractivity contribution in [1.29, 1.82) is 0 Å². The maximum absolute atomic E-state index is 12.2. The average molecular weight is 220 g/mol. The first-order valence-corrected chi connectivity index (χ1v) is 6.06. The van der Waals surface area contributed by atoms with Crippen LogP contribution in [0.4, 0.5) is 0 Å². The second-order valence-electron chi connectivity index (χ2n) is 4.94. The molecule has 82 valence electrons. The van der Waals surface area contributed by atoms with Crippen LogP contribution in [-0.2, 0) is 0 Å². The number of fused-ring (bicyclic) bond motifs is 3. The summed E-state index contributed by atoms with van der Waals surface area (Å²) in [6.07, 6.45) is 0. The Morgan fingerprint density at radius 1 is 0.706 bits per heavy atom. The zero-order valence-electron chi connectivity index (χ0n) is 9.34. The molecule has 17 heavy (non-hydrogen) atoms. The molecule has 0 aromatic heterocycles. The predicted molar refractivity (Wildman–Crippen MR) is 66.2 cm³/mol. The molecule has 0 aliphatic heterocycles. The summed E-state index contributed by atoms with van der Waals surface area (Å²) < 4.78 is 0. The molecule has 0 unspecified atom stereocenters. The number of hydrogen-bond donors (Lipinski definition) is 0. The maximum atomic E-state index is 12.2. The van der Waals surface area contributed by atoms with Crippen LogP contribution in [-0.4, -0.2) is 5.78 Å². The highest BCUT2D eigenvalue weighted by Crippen LogP contribution is 2.66. The molecule has 3 atom stereocenters. The highest BCUT2D eigenvalue weighted by Gasteiger charge is 2.61. The lowest BCUT2D eigenvalue weighted by Gasteiger charge is -2.06. The fourth-order valence-corrected chi connectivity index (χ4v) is 3.31. The van der Waals surface area contributed by atoms with Gasteiger partial charge < -0.3 is 0 Å². The number of ketones is 1. The van der Waals surface area contributed by atoms with Crippen LogP contribution >= 0.6 is 0 Å². The molecule has 0 spiro atoms. The Hall–Kier alpha value is -1.89. The number of rotatable bonds is 1. The average Bonchev–Trinajstić information content (AvgIpc) is 3.07. The van der Waals surface area contributed by atoms with Gasteiger partial charge in [0.2, 0.25) is 0 Å². The smallest absolute Gasteiger partial charge is 0.167 e. The van der Waals surface area contributed by atoms with E-state index in [0.29, 0.717) is 17.6 Å². The Morgan fingerprint density at radius 3 is 2.24 bits per heavy atom. The van der Waals surface area contributed by atoms with E-state index in [0.717, 1.165) is 5.56 Å². The van der Waals surface area contributed by atoms with Gasteiger partial charge in [0, 0.05) is 23.3 Å². The molecule has 1 saturated carbocycles. The second kappa shape index (κ2) is 3.07. The molecular formula is C16H12O. The van der Waals surface area contributed by atoms with E-state index in [-0.39, 0.29) is 5.92 Å². The van der Waals surface area contributed by atoms with Crippen LogP contribution in [0.1, 0.15) is 33.3 Å². The summed E-state index contributed by atoms with van der Waals surface area (Å²) in [5, 5.41) is 0. The summed E-state index contributed by atoms with van der Waals surface area (Å²) in [6, 6.07) is 18.5. The third-order valence-electron chi connectivity index (χ3n) is 4.09. The Labute approximate surface area is 100 Å². The van der Waals surface area contributed by atoms with Crippen molar-refractivity contribution in [1.82, 2.24) is 0 Å². The van der Waals surface area contributed by atoms with Crippen molar-refractivity contribution < 1.29 is 4.79 Å². The molecule has 0 amide bonds. The van der Waals surface area contributed by atoms with E-state index in [1.165, 1.54) is 11.1 Å². The van der Waals surface area contributed by atoms with E-state index in [1.54, 1.807) is 0 Å². The van der Waals surface area contributed by atoms with Gasteiger partial charge in [0.05, 0.1) is 0 Å². The van der Waals surface area contributed by atoms with E-state index in [9.17, 15) is 4.79 Å². The van der Waals surface area contributed by atoms with Crippen molar-refractivity contribution in [3.8, 4) is 0 Å². The molecule has 4 rings (SSSR count). The van der Waals surface area contributed by atoms with Gasteiger partial charge in [-0.15, -0.1) is 0 Å². The number of benzene rings is 2. The van der Waals surface area contributed by atoms with Crippen LogP contribution in [0.2, 0.25) is 0 Å². The largest absolute Gasteiger partial charge is 0.294 e. The van der Waals surface area contributed by atoms with E-state index < -0.39 is 0 Å². The van der Waals surface area contributed by atoms with Crippen LogP contribution < -0.4 is 0 Å². The minimum Gasteiger partial charge on any atom is -0.294 e. The molecule has 0 radical (unpaired) electrons. The first kappa shape index (κ1) is 9.17. The Morgan fingerprint density at radius 2 is 1.41 bits per heavy atom. The van der Waals surface area contributed by atoms with Gasteiger partial charge in [0.1, 0.15) is 0 Å². The van der Waals surface area contributed by atoms with Crippen molar-refractivity contribution >= 4 is 5.78 Å². The van der Waals surface area contributed by atoms with Crippen LogP contribution in [0.15, 0.2) is 54.6 Å². The van der Waals surface area contributed by atoms with Crippen molar-refractivity contribution in [2.75, 3.05) is 0 Å². The molecule has 0 bridgehead atoms. The molecule has 2 aromatic rings. The van der Waals surface area contributed by atoms with Crippen molar-refractivity contribution in [2.24, 2.45) is 5.92 Å². The Kier molecular flexibility index (Phi) is 1.66. The van der Waals surface area contributed by atoms with Crippen molar-refractivity contribution in [3.63, 3.8) is 0 Å². The molecule has 1 heteroatoms. The lowest BCUT2D eigenvalue weighted by molar-refractivity contribution is 0.0971. The van der Waals surface area contributed by atoms with Crippen LogP contribution in [0, 0.1) is 5.92 Å². The molecule has 0 heterocycles. The zero-order chi connectivity index (χ0) is 11.4. The summed E-state index contributed by atoms with van der Waals surface area (Å²) in [4.78, 5) is 12.2. The third-order valence-corrected chi connectivity index (χ3v) is 4.09. The number of Topliss-reactive ketones (excluding diaryl/α,β-unsaturated/α-hetero) is 1. The molecule has 1 fully saturated rings. The molecule has 1 nitrogen and oxygen atoms in total. The standard InChI is InChI=1S/C16H12O/c17-16-12-9-5-4-8-11(12)14-13(15(14)16)10-6-2-1-3-7-10/h1-9,13-15H/t13-,14-,15+/m1/s1. The highest BCUT2D eigenvalue weighted by molar-refractivity contribution is 6.07. The van der Waals surface area contributed by atoms with Gasteiger partial charge in [-0.2, -0.15) is 0 Å². The van der Waals surface area contributed by atoms with Crippen LogP contribution in [0.5, 0.6) is 0 Å². The maximum Gasteiger partial charge on any atom is 0.167 e. The molecule has 0 saturated heterocycles. The van der Waals surface area contributed by atoms with E-state index in [1.807, 2.05) is 24.3 Å². The normalized spacial score (nSPS) is 28.7. The van der Waals surface area contributed by atoms with E-state index in [4.69, 9.17) is 0 Å². The number of carbonyl (C=O) groups is 1. The van der Waals surface area contributed by atoms with Gasteiger partial charge in [-0.05, 0) is 11.1 Å². The lowest BCUT2D eigenvalue weighted by atomic mass is 9.97. The Balaban J connectivity index is 1.79. The SMILES string of the molecule is O=C1c2ccccc2[C@H]2[C@@H]1[C@@H]2c1ccccc1. The summed E-state index contributed by atoms with van der Waals surface area (Å²) in [7, 11) is 0. The first-order chi connectivity index (χ1) is 8.38. The molecule has 2 aromatic carbocycles. The van der Waals surface area contributed by atoms with E-state index >= 15 is 0 Å².